The summed E-state index contributed by atoms with van der Waals surface area (Å²) in [4.78, 5) is 10.7. The van der Waals surface area contributed by atoms with Crippen LogP contribution in [0.15, 0.2) is 0 Å². The Morgan fingerprint density at radius 3 is 2.24 bits per heavy atom. The number of alkyl halides is 1. The molecule has 102 valence electrons. The molecule has 0 aliphatic carbocycles. The largest absolute Gasteiger partial charge is 0.467 e. The van der Waals surface area contributed by atoms with Crippen LogP contribution in [0, 0.1) is 0 Å². The molecule has 2 atom stereocenters. The Bertz CT molecular complexity index is 263. The van der Waals surface area contributed by atoms with E-state index in [0.29, 0.717) is 6.61 Å². The van der Waals surface area contributed by atoms with E-state index in [9.17, 15) is 9.90 Å². The van der Waals surface area contributed by atoms with Crippen molar-refractivity contribution < 1.29 is 19.1 Å². The number of hydrogen-bond acceptors (Lipinski definition) is 4. The zero-order valence-electron chi connectivity index (χ0n) is 11.4. The first kappa shape index (κ1) is 17.1. The number of aliphatic hydroxyl groups excluding tert-OH is 1. The van der Waals surface area contributed by atoms with Gasteiger partial charge in [-0.25, -0.2) is 4.79 Å². The minimum Gasteiger partial charge on any atom is -0.467 e. The lowest BCUT2D eigenvalue weighted by Crippen LogP contribution is -2.44. The molecule has 0 aliphatic rings. The van der Waals surface area contributed by atoms with Gasteiger partial charge in [0.05, 0.1) is 11.9 Å². The standard InChI is InChI=1S/C11H23BrO4Si/c1-11(2,3)17(5,6)16-7-8(12)9(13)10(14)15-4/h8-9,13H,7H2,1-6H3/t8-,9+/m0/s1. The molecule has 0 heterocycles. The smallest absolute Gasteiger partial charge is 0.335 e. The van der Waals surface area contributed by atoms with Gasteiger partial charge in [-0.2, -0.15) is 0 Å². The van der Waals surface area contributed by atoms with Gasteiger partial charge in [-0.15, -0.1) is 0 Å². The van der Waals surface area contributed by atoms with Crippen LogP contribution < -0.4 is 0 Å². The van der Waals surface area contributed by atoms with Crippen molar-refractivity contribution in [1.29, 1.82) is 0 Å². The lowest BCUT2D eigenvalue weighted by Gasteiger charge is -2.37. The van der Waals surface area contributed by atoms with E-state index in [-0.39, 0.29) is 5.04 Å². The third kappa shape index (κ3) is 5.07. The Morgan fingerprint density at radius 1 is 1.41 bits per heavy atom. The number of halogens is 1. The molecule has 0 bridgehead atoms. The van der Waals surface area contributed by atoms with Gasteiger partial charge in [-0.1, -0.05) is 36.7 Å². The number of esters is 1. The van der Waals surface area contributed by atoms with Gasteiger partial charge >= 0.3 is 5.97 Å². The van der Waals surface area contributed by atoms with Crippen molar-refractivity contribution in [3.8, 4) is 0 Å². The molecule has 6 heteroatoms. The van der Waals surface area contributed by atoms with Gasteiger partial charge in [-0.3, -0.25) is 0 Å². The number of ether oxygens (including phenoxy) is 1. The molecule has 0 amide bonds. The molecule has 0 unspecified atom stereocenters. The van der Waals surface area contributed by atoms with Crippen LogP contribution in [0.25, 0.3) is 0 Å². The fourth-order valence-electron chi connectivity index (χ4n) is 0.864. The average molecular weight is 327 g/mol. The number of rotatable bonds is 5. The van der Waals surface area contributed by atoms with Crippen molar-refractivity contribution in [1.82, 2.24) is 0 Å². The highest BCUT2D eigenvalue weighted by Gasteiger charge is 2.38. The fourth-order valence-corrected chi connectivity index (χ4v) is 2.49. The molecule has 0 aliphatic heterocycles. The van der Waals surface area contributed by atoms with Crippen molar-refractivity contribution in [3.63, 3.8) is 0 Å². The van der Waals surface area contributed by atoms with Crippen molar-refractivity contribution >= 4 is 30.2 Å². The fraction of sp³-hybridized carbons (Fsp3) is 0.909. The van der Waals surface area contributed by atoms with Crippen molar-refractivity contribution in [2.45, 2.75) is 49.8 Å². The number of aliphatic hydroxyl groups is 1. The molecule has 0 aromatic heterocycles. The summed E-state index contributed by atoms with van der Waals surface area (Å²) in [5.74, 6) is -0.647. The monoisotopic (exact) mass is 326 g/mol. The minimum atomic E-state index is -1.85. The van der Waals surface area contributed by atoms with Crippen LogP contribution in [0.3, 0.4) is 0 Å². The van der Waals surface area contributed by atoms with E-state index in [1.165, 1.54) is 7.11 Å². The van der Waals surface area contributed by atoms with Crippen molar-refractivity contribution in [2.24, 2.45) is 0 Å². The highest BCUT2D eigenvalue weighted by molar-refractivity contribution is 9.09. The van der Waals surface area contributed by atoms with E-state index in [4.69, 9.17) is 4.43 Å². The number of hydrogen-bond donors (Lipinski definition) is 1. The van der Waals surface area contributed by atoms with E-state index in [1.807, 2.05) is 0 Å². The lowest BCUT2D eigenvalue weighted by atomic mass is 10.2. The molecular weight excluding hydrogens is 304 g/mol. The van der Waals surface area contributed by atoms with Gasteiger partial charge in [0.1, 0.15) is 0 Å². The molecule has 0 spiro atoms. The minimum absolute atomic E-state index is 0.107. The van der Waals surface area contributed by atoms with Crippen molar-refractivity contribution in [2.75, 3.05) is 13.7 Å². The predicted octanol–water partition coefficient (Wildman–Crippen LogP) is 2.31. The first-order valence-corrected chi connectivity index (χ1v) is 9.39. The second kappa shape index (κ2) is 6.31. The second-order valence-corrected chi connectivity index (χ2v) is 11.5. The lowest BCUT2D eigenvalue weighted by molar-refractivity contribution is -0.150. The molecule has 0 saturated carbocycles. The third-order valence-electron chi connectivity index (χ3n) is 3.19. The first-order chi connectivity index (χ1) is 7.53. The molecule has 17 heavy (non-hydrogen) atoms. The van der Waals surface area contributed by atoms with Crippen LogP contribution in [0.2, 0.25) is 18.1 Å². The summed E-state index contributed by atoms with van der Waals surface area (Å²) < 4.78 is 10.4. The zero-order chi connectivity index (χ0) is 13.9. The summed E-state index contributed by atoms with van der Waals surface area (Å²) in [7, 11) is -0.602. The number of carbonyl (C=O) groups excluding carboxylic acids is 1. The Kier molecular flexibility index (Phi) is 6.34. The zero-order valence-corrected chi connectivity index (χ0v) is 14.0. The molecule has 0 saturated heterocycles. The van der Waals surface area contributed by atoms with E-state index in [1.54, 1.807) is 0 Å². The summed E-state index contributed by atoms with van der Waals surface area (Å²) in [6.07, 6.45) is -1.19. The van der Waals surface area contributed by atoms with Crippen LogP contribution in [0.4, 0.5) is 0 Å². The Hall–Kier alpha value is 0.0869. The molecule has 0 aromatic rings. The average Bonchev–Trinajstić information content (AvgIpc) is 2.22. The SMILES string of the molecule is COC(=O)[C@H](O)[C@@H](Br)CO[Si](C)(C)C(C)(C)C. The Balaban J connectivity index is 4.34. The van der Waals surface area contributed by atoms with E-state index in [0.717, 1.165) is 0 Å². The van der Waals surface area contributed by atoms with E-state index >= 15 is 0 Å². The highest BCUT2D eigenvalue weighted by atomic mass is 79.9. The summed E-state index contributed by atoms with van der Waals surface area (Å²) in [6.45, 7) is 11.0. The van der Waals surface area contributed by atoms with E-state index in [2.05, 4.69) is 54.5 Å². The first-order valence-electron chi connectivity index (χ1n) is 5.57. The molecule has 1 N–H and O–H groups in total. The summed E-state index contributed by atoms with van der Waals surface area (Å²) in [5, 5.41) is 9.71. The van der Waals surface area contributed by atoms with E-state index < -0.39 is 25.2 Å². The number of carbonyl (C=O) groups is 1. The molecular formula is C11H23BrO4Si. The highest BCUT2D eigenvalue weighted by Crippen LogP contribution is 2.36. The van der Waals surface area contributed by atoms with Gasteiger partial charge in [0.2, 0.25) is 0 Å². The van der Waals surface area contributed by atoms with Gasteiger partial charge < -0.3 is 14.3 Å². The normalized spacial score (nSPS) is 16.5. The molecule has 0 aromatic carbocycles. The van der Waals surface area contributed by atoms with Gasteiger partial charge in [0, 0.05) is 6.61 Å². The maximum absolute atomic E-state index is 11.1. The predicted molar refractivity (Wildman–Crippen MR) is 73.9 cm³/mol. The van der Waals surface area contributed by atoms with Crippen LogP contribution in [0.5, 0.6) is 0 Å². The van der Waals surface area contributed by atoms with Gasteiger partial charge in [0.25, 0.3) is 0 Å². The van der Waals surface area contributed by atoms with Gasteiger partial charge in [-0.05, 0) is 18.1 Å². The molecule has 0 radical (unpaired) electrons. The molecule has 4 nitrogen and oxygen atoms in total. The topological polar surface area (TPSA) is 55.8 Å². The molecule has 0 fully saturated rings. The third-order valence-corrected chi connectivity index (χ3v) is 8.46. The molecule has 0 rings (SSSR count). The quantitative estimate of drug-likeness (QED) is 0.478. The van der Waals surface area contributed by atoms with Crippen LogP contribution in [-0.4, -0.2) is 44.0 Å². The second-order valence-electron chi connectivity index (χ2n) is 5.56. The maximum Gasteiger partial charge on any atom is 0.335 e. The maximum atomic E-state index is 11.1. The summed E-state index contributed by atoms with van der Waals surface area (Å²) >= 11 is 3.25. The van der Waals surface area contributed by atoms with Crippen molar-refractivity contribution in [3.05, 3.63) is 0 Å². The van der Waals surface area contributed by atoms with Crippen LogP contribution in [-0.2, 0) is 14.0 Å². The van der Waals surface area contributed by atoms with Crippen LogP contribution >= 0.6 is 15.9 Å². The number of methoxy groups -OCH3 is 1. The van der Waals surface area contributed by atoms with Gasteiger partial charge in [0.15, 0.2) is 14.4 Å². The Labute approximate surface area is 113 Å². The summed E-state index contributed by atoms with van der Waals surface area (Å²) in [6, 6.07) is 0. The Morgan fingerprint density at radius 2 is 1.88 bits per heavy atom. The van der Waals surface area contributed by atoms with Crippen LogP contribution in [0.1, 0.15) is 20.8 Å². The summed E-state index contributed by atoms with van der Waals surface area (Å²) in [5.41, 5.74) is 0.